The molecule has 0 saturated carbocycles. The number of hydrogen-bond donors (Lipinski definition) is 4. The van der Waals surface area contributed by atoms with Crippen LogP contribution in [-0.2, 0) is 31.1 Å². The lowest BCUT2D eigenvalue weighted by Crippen LogP contribution is -2.28. The van der Waals surface area contributed by atoms with E-state index in [1.165, 1.54) is 24.3 Å². The zero-order valence-corrected chi connectivity index (χ0v) is 23.8. The summed E-state index contributed by atoms with van der Waals surface area (Å²) < 4.78 is 66.2. The Bertz CT molecular complexity index is 1630. The van der Waals surface area contributed by atoms with E-state index in [9.17, 15) is 36.2 Å². The lowest BCUT2D eigenvalue weighted by atomic mass is 9.80. The average molecular weight is 576 g/mol. The molecule has 0 spiro atoms. The van der Waals surface area contributed by atoms with Gasteiger partial charge in [-0.1, -0.05) is 45.9 Å². The summed E-state index contributed by atoms with van der Waals surface area (Å²) in [6.45, 7) is 7.78. The molecule has 2 aromatic carbocycles. The third-order valence-corrected chi connectivity index (χ3v) is 9.35. The van der Waals surface area contributed by atoms with Gasteiger partial charge in [-0.25, -0.2) is 0 Å². The maximum Gasteiger partial charge on any atom is 0.294 e. The topological polar surface area (TPSA) is 152 Å². The fraction of sp³-hybridized carbons (Fsp3) is 0.357. The number of fused-ring (bicyclic) bond motifs is 2. The normalized spacial score (nSPS) is 19.3. The second-order valence-electron chi connectivity index (χ2n) is 10.7. The Morgan fingerprint density at radius 2 is 1.41 bits per heavy atom. The van der Waals surface area contributed by atoms with Crippen molar-refractivity contribution < 1.29 is 36.2 Å². The number of β-amino-alcohol motifs (C(OH)–C–C–N with tert-alkyl or cyclic N) is 1. The van der Waals surface area contributed by atoms with E-state index >= 15 is 0 Å². The van der Waals surface area contributed by atoms with Gasteiger partial charge in [0.1, 0.15) is 0 Å². The van der Waals surface area contributed by atoms with Gasteiger partial charge in [0, 0.05) is 35.4 Å². The molecule has 0 fully saturated rings. The van der Waals surface area contributed by atoms with Gasteiger partial charge < -0.3 is 15.1 Å². The molecule has 9 nitrogen and oxygen atoms in total. The predicted octanol–water partition coefficient (Wildman–Crippen LogP) is 3.84. The minimum absolute atomic E-state index is 0.105. The van der Waals surface area contributed by atoms with Gasteiger partial charge in [-0.05, 0) is 70.7 Å². The van der Waals surface area contributed by atoms with E-state index in [0.29, 0.717) is 12.0 Å². The van der Waals surface area contributed by atoms with Crippen molar-refractivity contribution in [1.82, 2.24) is 0 Å². The highest BCUT2D eigenvalue weighted by Gasteiger charge is 2.41. The van der Waals surface area contributed by atoms with Crippen LogP contribution in [0.1, 0.15) is 50.8 Å². The summed E-state index contributed by atoms with van der Waals surface area (Å²) >= 11 is 0. The fourth-order valence-corrected chi connectivity index (χ4v) is 6.73. The van der Waals surface area contributed by atoms with E-state index in [4.69, 9.17) is 0 Å². The number of allylic oxidation sites excluding steroid dienone is 5. The first kappa shape index (κ1) is 29.2. The van der Waals surface area contributed by atoms with Crippen LogP contribution in [0.25, 0.3) is 5.57 Å². The fourth-order valence-electron chi connectivity index (χ4n) is 5.71. The third-order valence-electron chi connectivity index (χ3n) is 7.65. The molecule has 4 N–H and O–H groups in total. The number of aliphatic hydroxyl groups is 2. The number of aliphatic hydroxyl groups excluding tert-OH is 2. The van der Waals surface area contributed by atoms with Gasteiger partial charge in [0.2, 0.25) is 0 Å². The molecule has 0 amide bonds. The minimum Gasteiger partial charge on any atom is -0.396 e. The van der Waals surface area contributed by atoms with Crippen molar-refractivity contribution in [2.45, 2.75) is 54.7 Å². The molecule has 11 heteroatoms. The molecule has 0 aromatic heterocycles. The summed E-state index contributed by atoms with van der Waals surface area (Å²) in [6, 6.07) is 8.86. The van der Waals surface area contributed by atoms with E-state index in [1.54, 1.807) is 12.1 Å². The maximum atomic E-state index is 11.8. The number of nitrogens with zero attached hydrogens (tertiary/aromatic N) is 1. The Labute approximate surface area is 229 Å². The first-order valence-electron chi connectivity index (χ1n) is 12.4. The van der Waals surface area contributed by atoms with Gasteiger partial charge in [-0.2, -0.15) is 16.8 Å². The van der Waals surface area contributed by atoms with Crippen LogP contribution < -0.4 is 4.90 Å². The average Bonchev–Trinajstić information content (AvgIpc) is 3.17. The van der Waals surface area contributed by atoms with Crippen LogP contribution in [0.4, 0.5) is 5.69 Å². The summed E-state index contributed by atoms with van der Waals surface area (Å²) in [7, 11) is -8.78. The quantitative estimate of drug-likeness (QED) is 0.344. The van der Waals surface area contributed by atoms with Crippen molar-refractivity contribution in [2.24, 2.45) is 0 Å². The summed E-state index contributed by atoms with van der Waals surface area (Å²) in [6.07, 6.45) is 5.99. The second kappa shape index (κ2) is 9.99. The number of rotatable bonds is 8. The van der Waals surface area contributed by atoms with Crippen molar-refractivity contribution in [1.29, 1.82) is 0 Å². The van der Waals surface area contributed by atoms with Crippen LogP contribution in [0.2, 0.25) is 0 Å². The maximum absolute atomic E-state index is 11.8. The Morgan fingerprint density at radius 3 is 1.97 bits per heavy atom. The molecule has 0 atom stereocenters. The van der Waals surface area contributed by atoms with Gasteiger partial charge in [-0.3, -0.25) is 9.11 Å². The van der Waals surface area contributed by atoms with Crippen LogP contribution in [0.5, 0.6) is 0 Å². The first-order valence-corrected chi connectivity index (χ1v) is 15.3. The molecule has 39 heavy (non-hydrogen) atoms. The van der Waals surface area contributed by atoms with Gasteiger partial charge in [0.05, 0.1) is 16.4 Å². The van der Waals surface area contributed by atoms with E-state index < -0.39 is 31.1 Å². The smallest absolute Gasteiger partial charge is 0.294 e. The van der Waals surface area contributed by atoms with E-state index in [1.807, 2.05) is 50.8 Å². The number of benzene rings is 2. The van der Waals surface area contributed by atoms with Crippen LogP contribution in [0.3, 0.4) is 0 Å². The van der Waals surface area contributed by atoms with Crippen molar-refractivity contribution in [3.05, 3.63) is 82.6 Å². The Morgan fingerprint density at radius 1 is 0.821 bits per heavy atom. The van der Waals surface area contributed by atoms with E-state index in [-0.39, 0.29) is 29.5 Å². The number of anilines is 1. The largest absolute Gasteiger partial charge is 0.396 e. The molecule has 0 saturated heterocycles. The Balaban J connectivity index is 1.80. The highest BCUT2D eigenvalue weighted by atomic mass is 32.2. The molecule has 4 rings (SSSR count). The molecule has 1 heterocycles. The molecule has 210 valence electrons. The summed E-state index contributed by atoms with van der Waals surface area (Å²) in [5, 5.41) is 19.5. The van der Waals surface area contributed by atoms with Crippen LogP contribution in [0.15, 0.2) is 75.7 Å². The molecule has 0 unspecified atom stereocenters. The minimum atomic E-state index is -4.39. The summed E-state index contributed by atoms with van der Waals surface area (Å²) in [4.78, 5) is 1.51. The lowest BCUT2D eigenvalue weighted by molar-refractivity contribution is 0.304. The number of hydrogen-bond acceptors (Lipinski definition) is 7. The molecule has 0 radical (unpaired) electrons. The molecular weight excluding hydrogens is 542 g/mol. The Hall–Kier alpha value is -2.80. The van der Waals surface area contributed by atoms with Crippen molar-refractivity contribution in [3.63, 3.8) is 0 Å². The zero-order valence-electron chi connectivity index (χ0n) is 22.2. The van der Waals surface area contributed by atoms with Crippen LogP contribution in [0, 0.1) is 0 Å². The molecule has 1 aliphatic heterocycles. The highest BCUT2D eigenvalue weighted by molar-refractivity contribution is 7.86. The van der Waals surface area contributed by atoms with Gasteiger partial charge in [0.15, 0.2) is 0 Å². The van der Waals surface area contributed by atoms with Gasteiger partial charge >= 0.3 is 0 Å². The SMILES string of the molecule is CC1(C)C(C=C/C=C2/N(CCO)c3ccc(S(=O)(=O)O)cc3C2(C)C)=C(CCO)c2ccc(S(=O)(=O)O)cc21. The van der Waals surface area contributed by atoms with Crippen molar-refractivity contribution in [3.8, 4) is 0 Å². The monoisotopic (exact) mass is 575 g/mol. The molecule has 0 bridgehead atoms. The van der Waals surface area contributed by atoms with Crippen LogP contribution >= 0.6 is 0 Å². The zero-order chi connectivity index (χ0) is 29.0. The van der Waals surface area contributed by atoms with E-state index in [2.05, 4.69) is 0 Å². The standard InChI is InChI=1S/C28H33NO8S2/c1-27(2)22(21(12-14-30)20-10-8-18(16-23(20)27)38(32,33)34)6-5-7-26-28(3,4)24-17-19(39(35,36)37)9-11-25(24)29(26)13-15-31/h5-11,16-17,30-31H,12-15H2,1-4H3,(H,32,33,34)(H,35,36,37)/b6-5?,26-7+. The van der Waals surface area contributed by atoms with Gasteiger partial charge in [0.25, 0.3) is 20.2 Å². The van der Waals surface area contributed by atoms with Crippen molar-refractivity contribution in [2.75, 3.05) is 24.7 Å². The lowest BCUT2D eigenvalue weighted by Gasteiger charge is -2.26. The second-order valence-corrected chi connectivity index (χ2v) is 13.6. The first-order chi connectivity index (χ1) is 18.0. The van der Waals surface area contributed by atoms with Crippen LogP contribution in [-0.4, -0.2) is 55.9 Å². The van der Waals surface area contributed by atoms with Gasteiger partial charge in [-0.15, -0.1) is 0 Å². The van der Waals surface area contributed by atoms with Crippen molar-refractivity contribution >= 4 is 31.5 Å². The molecule has 2 aliphatic rings. The third kappa shape index (κ3) is 5.10. The highest BCUT2D eigenvalue weighted by Crippen LogP contribution is 2.50. The molecule has 1 aliphatic carbocycles. The Kier molecular flexibility index (Phi) is 7.48. The summed E-state index contributed by atoms with van der Waals surface area (Å²) in [5.41, 5.74) is 4.23. The van der Waals surface area contributed by atoms with E-state index in [0.717, 1.165) is 33.7 Å². The molecular formula is C28H33NO8S2. The predicted molar refractivity (Wildman–Crippen MR) is 149 cm³/mol. The summed E-state index contributed by atoms with van der Waals surface area (Å²) in [5.74, 6) is 0. The molecule has 2 aromatic rings.